The number of methoxy groups -OCH3 is 1. The maximum atomic E-state index is 12.7. The van der Waals surface area contributed by atoms with Crippen molar-refractivity contribution in [1.29, 1.82) is 0 Å². The molecule has 1 aliphatic rings. The van der Waals surface area contributed by atoms with Gasteiger partial charge in [-0.1, -0.05) is 34.4 Å². The summed E-state index contributed by atoms with van der Waals surface area (Å²) in [7, 11) is -6.60. The van der Waals surface area contributed by atoms with Gasteiger partial charge in [-0.05, 0) is 42.0 Å². The SMILES string of the molecule is COCc1ccc(S(=O)(=O)N=S2CCN(S(=O)(=O)c3ccc(Cl)cc3)CC2)cc1. The van der Waals surface area contributed by atoms with Crippen LogP contribution in [0.5, 0.6) is 0 Å². The highest BCUT2D eigenvalue weighted by molar-refractivity contribution is 8.00. The van der Waals surface area contributed by atoms with Gasteiger partial charge in [-0.2, -0.15) is 12.7 Å². The van der Waals surface area contributed by atoms with Crippen LogP contribution in [0.4, 0.5) is 0 Å². The monoisotopic (exact) mass is 476 g/mol. The minimum Gasteiger partial charge on any atom is -0.380 e. The van der Waals surface area contributed by atoms with Gasteiger partial charge in [-0.3, -0.25) is 0 Å². The Hall–Kier alpha value is -1.30. The van der Waals surface area contributed by atoms with E-state index in [1.165, 1.54) is 40.7 Å². The van der Waals surface area contributed by atoms with Gasteiger partial charge in [0, 0.05) is 36.7 Å². The first-order valence-corrected chi connectivity index (χ1v) is 13.5. The van der Waals surface area contributed by atoms with Crippen LogP contribution in [0.25, 0.3) is 0 Å². The molecule has 1 fully saturated rings. The molecule has 0 aromatic heterocycles. The fraction of sp³-hybridized carbons (Fsp3) is 0.333. The Balaban J connectivity index is 1.70. The predicted molar refractivity (Wildman–Crippen MR) is 114 cm³/mol. The van der Waals surface area contributed by atoms with Gasteiger partial charge in [-0.25, -0.2) is 8.42 Å². The van der Waals surface area contributed by atoms with Crippen LogP contribution < -0.4 is 0 Å². The van der Waals surface area contributed by atoms with Crippen LogP contribution in [-0.2, 0) is 42.1 Å². The summed E-state index contributed by atoms with van der Waals surface area (Å²) in [6.07, 6.45) is 0. The van der Waals surface area contributed by atoms with Gasteiger partial charge in [0.1, 0.15) is 0 Å². The van der Waals surface area contributed by atoms with Gasteiger partial charge in [0.05, 0.1) is 16.4 Å². The van der Waals surface area contributed by atoms with Crippen molar-refractivity contribution in [2.75, 3.05) is 31.7 Å². The van der Waals surface area contributed by atoms with Crippen LogP contribution in [-0.4, -0.2) is 52.8 Å². The molecule has 0 amide bonds. The van der Waals surface area contributed by atoms with Gasteiger partial charge >= 0.3 is 0 Å². The van der Waals surface area contributed by atoms with E-state index in [4.69, 9.17) is 16.3 Å². The van der Waals surface area contributed by atoms with Crippen LogP contribution in [0.3, 0.4) is 0 Å². The summed E-state index contributed by atoms with van der Waals surface area (Å²) in [4.78, 5) is 0.297. The highest BCUT2D eigenvalue weighted by Crippen LogP contribution is 2.21. The molecule has 2 aromatic carbocycles. The number of hydrogen-bond donors (Lipinski definition) is 0. The van der Waals surface area contributed by atoms with E-state index in [2.05, 4.69) is 3.77 Å². The Labute approximate surface area is 178 Å². The third-order valence-electron chi connectivity index (χ3n) is 4.34. The first-order valence-electron chi connectivity index (χ1n) is 8.71. The Morgan fingerprint density at radius 2 is 1.52 bits per heavy atom. The molecule has 0 bridgehead atoms. The summed E-state index contributed by atoms with van der Waals surface area (Å²) in [5.41, 5.74) is 0.870. The van der Waals surface area contributed by atoms with Crippen molar-refractivity contribution in [3.8, 4) is 0 Å². The molecular weight excluding hydrogens is 456 g/mol. The van der Waals surface area contributed by atoms with Crippen LogP contribution in [0.15, 0.2) is 62.1 Å². The lowest BCUT2D eigenvalue weighted by Crippen LogP contribution is -2.41. The zero-order valence-electron chi connectivity index (χ0n) is 15.7. The number of ether oxygens (including phenoxy) is 1. The Morgan fingerprint density at radius 3 is 2.07 bits per heavy atom. The van der Waals surface area contributed by atoms with Crippen molar-refractivity contribution in [2.45, 2.75) is 16.4 Å². The average Bonchev–Trinajstić information content (AvgIpc) is 2.69. The van der Waals surface area contributed by atoms with Gasteiger partial charge in [0.15, 0.2) is 0 Å². The fourth-order valence-corrected chi connectivity index (χ4v) is 8.20. The minimum atomic E-state index is -3.79. The zero-order valence-corrected chi connectivity index (χ0v) is 18.9. The molecule has 3 rings (SSSR count). The quantitative estimate of drug-likeness (QED) is 0.639. The number of sulfonamides is 2. The topological polar surface area (TPSA) is 93.1 Å². The third-order valence-corrected chi connectivity index (χ3v) is 10.3. The zero-order chi connectivity index (χ0) is 21.1. The largest absolute Gasteiger partial charge is 0.380 e. The van der Waals surface area contributed by atoms with E-state index in [0.717, 1.165) is 5.56 Å². The predicted octanol–water partition coefficient (Wildman–Crippen LogP) is 2.68. The third kappa shape index (κ3) is 5.44. The molecule has 0 unspecified atom stereocenters. The molecule has 11 heteroatoms. The molecule has 0 aliphatic carbocycles. The van der Waals surface area contributed by atoms with E-state index in [9.17, 15) is 16.8 Å². The second kappa shape index (κ2) is 9.23. The molecule has 0 spiro atoms. The highest BCUT2D eigenvalue weighted by Gasteiger charge is 2.28. The highest BCUT2D eigenvalue weighted by atomic mass is 35.5. The molecule has 0 radical (unpaired) electrons. The van der Waals surface area contributed by atoms with Crippen molar-refractivity contribution in [2.24, 2.45) is 3.77 Å². The van der Waals surface area contributed by atoms with Gasteiger partial charge in [0.2, 0.25) is 10.0 Å². The summed E-state index contributed by atoms with van der Waals surface area (Å²) >= 11 is 5.82. The number of hydrogen-bond acceptors (Lipinski definition) is 5. The van der Waals surface area contributed by atoms with Crippen molar-refractivity contribution in [1.82, 2.24) is 4.31 Å². The first-order chi connectivity index (χ1) is 13.7. The number of benzene rings is 2. The number of rotatable bonds is 6. The number of halogens is 1. The van der Waals surface area contributed by atoms with Crippen molar-refractivity contribution in [3.05, 3.63) is 59.1 Å². The van der Waals surface area contributed by atoms with Crippen LogP contribution in [0.1, 0.15) is 5.56 Å². The Kier molecular flexibility index (Phi) is 7.13. The van der Waals surface area contributed by atoms with Crippen LogP contribution in [0.2, 0.25) is 5.02 Å². The summed E-state index contributed by atoms with van der Waals surface area (Å²) in [6, 6.07) is 12.4. The van der Waals surface area contributed by atoms with E-state index in [1.807, 2.05) is 0 Å². The molecule has 0 saturated carbocycles. The molecule has 0 atom stereocenters. The summed E-state index contributed by atoms with van der Waals surface area (Å²) in [6.45, 7) is 0.847. The van der Waals surface area contributed by atoms with Crippen LogP contribution >= 0.6 is 11.6 Å². The normalized spacial score (nSPS) is 16.6. The molecule has 1 heterocycles. The molecule has 0 N–H and O–H groups in total. The lowest BCUT2D eigenvalue weighted by atomic mass is 10.2. The molecule has 7 nitrogen and oxygen atoms in total. The van der Waals surface area contributed by atoms with Crippen LogP contribution in [0, 0.1) is 0 Å². The average molecular weight is 477 g/mol. The lowest BCUT2D eigenvalue weighted by molar-refractivity contribution is 0.185. The maximum absolute atomic E-state index is 12.7. The molecule has 2 aromatic rings. The van der Waals surface area contributed by atoms with E-state index in [1.54, 1.807) is 19.2 Å². The first kappa shape index (κ1) is 22.4. The Bertz CT molecular complexity index is 1090. The van der Waals surface area contributed by atoms with Crippen molar-refractivity contribution in [3.63, 3.8) is 0 Å². The second-order valence-corrected chi connectivity index (χ2v) is 12.5. The number of nitrogens with zero attached hydrogens (tertiary/aromatic N) is 2. The molecule has 29 heavy (non-hydrogen) atoms. The van der Waals surface area contributed by atoms with Gasteiger partial charge in [-0.15, -0.1) is 3.77 Å². The van der Waals surface area contributed by atoms with Gasteiger partial charge in [0.25, 0.3) is 10.0 Å². The molecule has 1 saturated heterocycles. The summed E-state index contributed by atoms with van der Waals surface area (Å²) < 4.78 is 61.0. The van der Waals surface area contributed by atoms with Gasteiger partial charge < -0.3 is 4.74 Å². The molecule has 158 valence electrons. The maximum Gasteiger partial charge on any atom is 0.287 e. The lowest BCUT2D eigenvalue weighted by Gasteiger charge is -2.27. The summed E-state index contributed by atoms with van der Waals surface area (Å²) in [5.74, 6) is 0.738. The smallest absolute Gasteiger partial charge is 0.287 e. The fourth-order valence-electron chi connectivity index (χ4n) is 2.80. The van der Waals surface area contributed by atoms with E-state index in [0.29, 0.717) is 23.1 Å². The van der Waals surface area contributed by atoms with E-state index >= 15 is 0 Å². The van der Waals surface area contributed by atoms with Crippen molar-refractivity contribution < 1.29 is 21.6 Å². The molecular formula is C18H21ClN2O5S3. The standard InChI is InChI=1S/C18H21ClN2O5S3/c1-26-14-15-2-6-17(7-3-15)28(22,23)20-27-12-10-21(11-13-27)29(24,25)18-8-4-16(19)5-9-18/h2-9H,10-14H2,1H3. The molecule has 1 aliphatic heterocycles. The van der Waals surface area contributed by atoms with E-state index < -0.39 is 30.7 Å². The second-order valence-electron chi connectivity index (χ2n) is 6.36. The van der Waals surface area contributed by atoms with Crippen molar-refractivity contribution >= 4 is 42.3 Å². The minimum absolute atomic E-state index is 0.126. The summed E-state index contributed by atoms with van der Waals surface area (Å²) in [5, 5.41) is 0.461. The van der Waals surface area contributed by atoms with E-state index in [-0.39, 0.29) is 22.9 Å². The Morgan fingerprint density at radius 1 is 0.966 bits per heavy atom.